The first kappa shape index (κ1) is 18.9. The molecular formula is C17H20F2N4O4. The zero-order valence-corrected chi connectivity index (χ0v) is 14.7. The molecule has 1 aliphatic rings. The highest BCUT2D eigenvalue weighted by Gasteiger charge is 2.31. The van der Waals surface area contributed by atoms with Crippen LogP contribution in [0, 0.1) is 17.6 Å². The summed E-state index contributed by atoms with van der Waals surface area (Å²) in [6, 6.07) is 0. The van der Waals surface area contributed by atoms with Crippen LogP contribution in [0.5, 0.6) is 5.75 Å². The number of carboxylic acid groups (broad SMARTS) is 1. The average molecular weight is 382 g/mol. The molecule has 0 spiro atoms. The summed E-state index contributed by atoms with van der Waals surface area (Å²) >= 11 is 0. The van der Waals surface area contributed by atoms with Crippen LogP contribution >= 0.6 is 0 Å². The van der Waals surface area contributed by atoms with Gasteiger partial charge < -0.3 is 30.8 Å². The first-order valence-electron chi connectivity index (χ1n) is 8.49. The van der Waals surface area contributed by atoms with Gasteiger partial charge in [0.1, 0.15) is 5.69 Å². The molecule has 1 aliphatic heterocycles. The van der Waals surface area contributed by atoms with E-state index in [1.54, 1.807) is 6.92 Å². The van der Waals surface area contributed by atoms with E-state index in [9.17, 15) is 14.0 Å². The van der Waals surface area contributed by atoms with Crippen LogP contribution in [0.1, 0.15) is 13.3 Å². The lowest BCUT2D eigenvalue weighted by Gasteiger charge is -2.23. The molecule has 10 heteroatoms. The van der Waals surface area contributed by atoms with Crippen molar-refractivity contribution in [2.45, 2.75) is 19.9 Å². The van der Waals surface area contributed by atoms with E-state index in [0.29, 0.717) is 26.1 Å². The van der Waals surface area contributed by atoms with E-state index in [2.05, 4.69) is 4.74 Å². The van der Waals surface area contributed by atoms with Crippen molar-refractivity contribution < 1.29 is 23.4 Å². The van der Waals surface area contributed by atoms with Crippen molar-refractivity contribution in [2.75, 3.05) is 30.3 Å². The number of halogens is 2. The molecule has 2 aromatic rings. The minimum atomic E-state index is -1.71. The maximum atomic E-state index is 15.3. The summed E-state index contributed by atoms with van der Waals surface area (Å²) in [5.41, 5.74) is 9.47. The van der Waals surface area contributed by atoms with Gasteiger partial charge in [0.15, 0.2) is 17.4 Å². The molecule has 3 rings (SSSR count). The van der Waals surface area contributed by atoms with E-state index < -0.39 is 40.0 Å². The van der Waals surface area contributed by atoms with Crippen LogP contribution in [0.2, 0.25) is 0 Å². The molecule has 0 amide bonds. The molecule has 1 fully saturated rings. The Bertz CT molecular complexity index is 976. The van der Waals surface area contributed by atoms with Crippen molar-refractivity contribution in [1.82, 2.24) is 4.57 Å². The number of aryl methyl sites for hydroxylation is 1. The van der Waals surface area contributed by atoms with Gasteiger partial charge in [0.25, 0.3) is 0 Å². The second-order valence-corrected chi connectivity index (χ2v) is 6.43. The van der Waals surface area contributed by atoms with Crippen LogP contribution in [0.3, 0.4) is 0 Å². The van der Waals surface area contributed by atoms with Crippen LogP contribution in [0.15, 0.2) is 11.0 Å². The molecule has 1 aromatic heterocycles. The Balaban J connectivity index is 2.31. The Morgan fingerprint density at radius 3 is 2.67 bits per heavy atom. The molecule has 2 heterocycles. The van der Waals surface area contributed by atoms with Crippen LogP contribution in [-0.2, 0) is 6.54 Å². The van der Waals surface area contributed by atoms with Gasteiger partial charge in [-0.1, -0.05) is 0 Å². The Kier molecular flexibility index (Phi) is 4.92. The second-order valence-electron chi connectivity index (χ2n) is 6.43. The molecule has 0 aliphatic carbocycles. The van der Waals surface area contributed by atoms with E-state index in [1.165, 1.54) is 9.47 Å². The fraction of sp³-hybridized carbons (Fsp3) is 0.412. The van der Waals surface area contributed by atoms with Gasteiger partial charge in [-0.05, 0) is 25.8 Å². The lowest BCUT2D eigenvalue weighted by atomic mass is 10.1. The van der Waals surface area contributed by atoms with Crippen molar-refractivity contribution >= 4 is 28.4 Å². The summed E-state index contributed by atoms with van der Waals surface area (Å²) in [6.45, 7) is 3.04. The smallest absolute Gasteiger partial charge is 0.449 e. The molecule has 146 valence electrons. The number of benzene rings is 1. The monoisotopic (exact) mass is 382 g/mol. The number of anilines is 2. The van der Waals surface area contributed by atoms with Crippen molar-refractivity contribution in [1.29, 1.82) is 0 Å². The topological polar surface area (TPSA) is 124 Å². The standard InChI is InChI=1S/C17H20F2N4O4/c1-2-22-7-9(27-17(25)26)16(24)10-13(21)11(18)15(12(19)14(10)22)23-4-3-8(5-20)6-23/h7-8H,2-6,20-21H2,1H3,(H,25,26). The molecule has 1 unspecified atom stereocenters. The first-order valence-corrected chi connectivity index (χ1v) is 8.49. The molecule has 5 N–H and O–H groups in total. The molecule has 0 bridgehead atoms. The molecule has 0 saturated carbocycles. The third-order valence-corrected chi connectivity index (χ3v) is 4.85. The normalized spacial score (nSPS) is 16.9. The third-order valence-electron chi connectivity index (χ3n) is 4.85. The number of hydrogen-bond acceptors (Lipinski definition) is 6. The molecule has 1 aromatic carbocycles. The van der Waals surface area contributed by atoms with Gasteiger partial charge in [-0.2, -0.15) is 0 Å². The lowest BCUT2D eigenvalue weighted by Crippen LogP contribution is -2.26. The van der Waals surface area contributed by atoms with Crippen LogP contribution in [-0.4, -0.2) is 35.5 Å². The molecule has 8 nitrogen and oxygen atoms in total. The van der Waals surface area contributed by atoms with Crippen LogP contribution in [0.25, 0.3) is 10.9 Å². The summed E-state index contributed by atoms with van der Waals surface area (Å²) in [5.74, 6) is -2.43. The van der Waals surface area contributed by atoms with Crippen LogP contribution < -0.4 is 26.5 Å². The number of aromatic nitrogens is 1. The lowest BCUT2D eigenvalue weighted by molar-refractivity contribution is 0.144. The fourth-order valence-electron chi connectivity index (χ4n) is 3.49. The highest BCUT2D eigenvalue weighted by atomic mass is 19.1. The summed E-state index contributed by atoms with van der Waals surface area (Å²) < 4.78 is 36.0. The predicted octanol–water partition coefficient (Wildman–Crippen LogP) is 1.72. The number of nitrogen functional groups attached to an aromatic ring is 1. The number of rotatable bonds is 4. The maximum Gasteiger partial charge on any atom is 0.511 e. The Hall–Kier alpha value is -2.88. The summed E-state index contributed by atoms with van der Waals surface area (Å²) in [4.78, 5) is 24.9. The van der Waals surface area contributed by atoms with Crippen molar-refractivity contribution in [3.63, 3.8) is 0 Å². The number of nitrogens with zero attached hydrogens (tertiary/aromatic N) is 2. The SMILES string of the molecule is CCn1cc(OC(=O)O)c(=O)c2c(N)c(F)c(N3CCC(CN)C3)c(F)c21. The molecule has 27 heavy (non-hydrogen) atoms. The number of ether oxygens (including phenoxy) is 1. The van der Waals surface area contributed by atoms with Gasteiger partial charge in [-0.15, -0.1) is 0 Å². The number of carbonyl (C=O) groups is 1. The van der Waals surface area contributed by atoms with E-state index in [4.69, 9.17) is 16.6 Å². The van der Waals surface area contributed by atoms with Gasteiger partial charge in [0.2, 0.25) is 5.43 Å². The minimum Gasteiger partial charge on any atom is -0.449 e. The zero-order chi connectivity index (χ0) is 19.9. The highest BCUT2D eigenvalue weighted by Crippen LogP contribution is 2.37. The van der Waals surface area contributed by atoms with Gasteiger partial charge in [0, 0.05) is 19.6 Å². The van der Waals surface area contributed by atoms with Crippen molar-refractivity contribution in [3.05, 3.63) is 28.1 Å². The van der Waals surface area contributed by atoms with Crippen molar-refractivity contribution in [2.24, 2.45) is 11.7 Å². The molecular weight excluding hydrogens is 362 g/mol. The van der Waals surface area contributed by atoms with E-state index in [1.807, 2.05) is 0 Å². The molecule has 0 radical (unpaired) electrons. The van der Waals surface area contributed by atoms with Gasteiger partial charge in [0.05, 0.1) is 22.8 Å². The maximum absolute atomic E-state index is 15.3. The number of pyridine rings is 1. The number of fused-ring (bicyclic) bond motifs is 1. The Morgan fingerprint density at radius 1 is 1.41 bits per heavy atom. The van der Waals surface area contributed by atoms with Crippen LogP contribution in [0.4, 0.5) is 25.0 Å². The van der Waals surface area contributed by atoms with E-state index in [-0.39, 0.29) is 23.7 Å². The summed E-state index contributed by atoms with van der Waals surface area (Å²) in [7, 11) is 0. The minimum absolute atomic E-state index is 0.112. The van der Waals surface area contributed by atoms with Gasteiger partial charge >= 0.3 is 6.16 Å². The Labute approximate surface area is 152 Å². The van der Waals surface area contributed by atoms with Crippen molar-refractivity contribution in [3.8, 4) is 5.75 Å². The first-order chi connectivity index (χ1) is 12.8. The molecule has 1 saturated heterocycles. The fourth-order valence-corrected chi connectivity index (χ4v) is 3.49. The largest absolute Gasteiger partial charge is 0.511 e. The predicted molar refractivity (Wildman–Crippen MR) is 96.2 cm³/mol. The summed E-state index contributed by atoms with van der Waals surface area (Å²) in [6.07, 6.45) is 0.0599. The second kappa shape index (κ2) is 7.03. The van der Waals surface area contributed by atoms with Gasteiger partial charge in [-0.25, -0.2) is 13.6 Å². The quantitative estimate of drug-likeness (QED) is 0.543. The summed E-state index contributed by atoms with van der Waals surface area (Å²) in [5, 5.41) is 8.33. The van der Waals surface area contributed by atoms with Gasteiger partial charge in [-0.3, -0.25) is 4.79 Å². The number of hydrogen-bond donors (Lipinski definition) is 3. The third kappa shape index (κ3) is 3.05. The Morgan fingerprint density at radius 2 is 2.11 bits per heavy atom. The average Bonchev–Trinajstić information content (AvgIpc) is 3.09. The van der Waals surface area contributed by atoms with E-state index >= 15 is 4.39 Å². The molecule has 1 atom stereocenters. The van der Waals surface area contributed by atoms with E-state index in [0.717, 1.165) is 6.20 Å². The number of nitrogens with two attached hydrogens (primary N) is 2. The highest BCUT2D eigenvalue weighted by molar-refractivity contribution is 5.96. The zero-order valence-electron chi connectivity index (χ0n) is 14.7.